The fourth-order valence-corrected chi connectivity index (χ4v) is 0.971. The summed E-state index contributed by atoms with van der Waals surface area (Å²) in [6.45, 7) is 2.54. The molecule has 78 valence electrons. The molecular weight excluding hydrogens is 202 g/mol. The van der Waals surface area contributed by atoms with E-state index in [-0.39, 0.29) is 11.1 Å². The first-order valence-electron chi connectivity index (χ1n) is 3.68. The summed E-state index contributed by atoms with van der Waals surface area (Å²) < 4.78 is 52.0. The number of pyridine rings is 1. The average molecular weight is 209 g/mol. The maximum Gasteiger partial charge on any atom is 0.573 e. The third kappa shape index (κ3) is 2.34. The Labute approximate surface area is 77.5 Å². The zero-order chi connectivity index (χ0) is 10.9. The first-order chi connectivity index (χ1) is 6.31. The summed E-state index contributed by atoms with van der Waals surface area (Å²) in [6, 6.07) is 0. The minimum atomic E-state index is -4.82. The third-order valence-corrected chi connectivity index (χ3v) is 1.60. The van der Waals surface area contributed by atoms with Crippen LogP contribution in [0.3, 0.4) is 0 Å². The molecule has 0 aromatic carbocycles. The van der Waals surface area contributed by atoms with E-state index >= 15 is 0 Å². The molecule has 1 aromatic heterocycles. The smallest absolute Gasteiger partial charge is 0.405 e. The molecule has 0 saturated carbocycles. The Bertz CT molecular complexity index is 348. The number of rotatable bonds is 1. The van der Waals surface area contributed by atoms with Crippen LogP contribution in [0.25, 0.3) is 0 Å². The van der Waals surface area contributed by atoms with Gasteiger partial charge in [-0.15, -0.1) is 13.2 Å². The Hall–Kier alpha value is -1.33. The fraction of sp³-hybridized carbons (Fsp3) is 0.375. The lowest BCUT2D eigenvalue weighted by Crippen LogP contribution is -2.19. The van der Waals surface area contributed by atoms with Gasteiger partial charge in [0.1, 0.15) is 5.75 Å². The van der Waals surface area contributed by atoms with Crippen LogP contribution in [0.2, 0.25) is 0 Å². The van der Waals surface area contributed by atoms with E-state index in [1.54, 1.807) is 0 Å². The quantitative estimate of drug-likeness (QED) is 0.524. The zero-order valence-corrected chi connectivity index (χ0v) is 7.44. The molecule has 0 aliphatic heterocycles. The van der Waals surface area contributed by atoms with Crippen LogP contribution in [0.15, 0.2) is 6.20 Å². The van der Waals surface area contributed by atoms with Crippen LogP contribution >= 0.6 is 0 Å². The summed E-state index contributed by atoms with van der Waals surface area (Å²) in [5, 5.41) is 0. The van der Waals surface area contributed by atoms with E-state index in [0.717, 1.165) is 6.20 Å². The molecule has 0 aliphatic rings. The summed E-state index contributed by atoms with van der Waals surface area (Å²) in [5.74, 6) is -1.49. The van der Waals surface area contributed by atoms with Crippen LogP contribution in [0.5, 0.6) is 5.75 Å². The van der Waals surface area contributed by atoms with Crippen molar-refractivity contribution in [2.45, 2.75) is 20.2 Å². The Morgan fingerprint density at radius 1 is 1.29 bits per heavy atom. The monoisotopic (exact) mass is 209 g/mol. The van der Waals surface area contributed by atoms with Crippen LogP contribution < -0.4 is 4.74 Å². The van der Waals surface area contributed by atoms with Gasteiger partial charge in [0.25, 0.3) is 0 Å². The predicted octanol–water partition coefficient (Wildman–Crippen LogP) is 2.74. The molecule has 0 atom stereocenters. The molecular formula is C8H7F4NO. The van der Waals surface area contributed by atoms with Gasteiger partial charge in [-0.25, -0.2) is 4.98 Å². The summed E-state index contributed by atoms with van der Waals surface area (Å²) in [5.41, 5.74) is -0.108. The minimum absolute atomic E-state index is 0.140. The molecule has 2 nitrogen and oxygen atoms in total. The second-order valence-electron chi connectivity index (χ2n) is 2.73. The largest absolute Gasteiger partial charge is 0.573 e. The molecule has 6 heteroatoms. The molecule has 0 N–H and O–H groups in total. The molecule has 0 saturated heterocycles. The van der Waals surface area contributed by atoms with Gasteiger partial charge in [-0.2, -0.15) is 4.39 Å². The summed E-state index contributed by atoms with van der Waals surface area (Å²) >= 11 is 0. The van der Waals surface area contributed by atoms with Gasteiger partial charge < -0.3 is 4.74 Å². The van der Waals surface area contributed by atoms with Crippen molar-refractivity contribution in [2.75, 3.05) is 0 Å². The van der Waals surface area contributed by atoms with Crippen LogP contribution in [0.4, 0.5) is 17.6 Å². The lowest BCUT2D eigenvalue weighted by atomic mass is 10.2. The van der Waals surface area contributed by atoms with E-state index in [1.165, 1.54) is 13.8 Å². The number of halogens is 4. The van der Waals surface area contributed by atoms with Gasteiger partial charge in [-0.3, -0.25) is 0 Å². The molecule has 0 bridgehead atoms. The summed E-state index contributed by atoms with van der Waals surface area (Å²) in [7, 11) is 0. The number of aryl methyl sites for hydroxylation is 1. The van der Waals surface area contributed by atoms with Gasteiger partial charge in [0.15, 0.2) is 0 Å². The molecule has 14 heavy (non-hydrogen) atoms. The Morgan fingerprint density at radius 3 is 2.36 bits per heavy atom. The maximum atomic E-state index is 12.8. The molecule has 0 unspecified atom stereocenters. The lowest BCUT2D eigenvalue weighted by molar-refractivity contribution is -0.275. The number of hydrogen-bond acceptors (Lipinski definition) is 2. The molecule has 0 radical (unpaired) electrons. The molecule has 1 heterocycles. The van der Waals surface area contributed by atoms with Gasteiger partial charge >= 0.3 is 6.36 Å². The van der Waals surface area contributed by atoms with Crippen molar-refractivity contribution in [1.82, 2.24) is 4.98 Å². The Balaban J connectivity index is 3.13. The van der Waals surface area contributed by atoms with Crippen LogP contribution in [-0.2, 0) is 0 Å². The molecule has 0 spiro atoms. The highest BCUT2D eigenvalue weighted by Crippen LogP contribution is 2.29. The van der Waals surface area contributed by atoms with Gasteiger partial charge in [0, 0.05) is 17.3 Å². The second-order valence-corrected chi connectivity index (χ2v) is 2.73. The van der Waals surface area contributed by atoms with Crippen molar-refractivity contribution in [3.8, 4) is 5.75 Å². The van der Waals surface area contributed by atoms with E-state index in [9.17, 15) is 17.6 Å². The van der Waals surface area contributed by atoms with E-state index in [0.29, 0.717) is 0 Å². The minimum Gasteiger partial charge on any atom is -0.405 e. The van der Waals surface area contributed by atoms with Crippen molar-refractivity contribution >= 4 is 0 Å². The van der Waals surface area contributed by atoms with Crippen molar-refractivity contribution in [3.63, 3.8) is 0 Å². The van der Waals surface area contributed by atoms with E-state index in [4.69, 9.17) is 0 Å². The molecule has 0 amide bonds. The molecule has 1 rings (SSSR count). The van der Waals surface area contributed by atoms with Crippen LogP contribution in [0.1, 0.15) is 11.1 Å². The van der Waals surface area contributed by atoms with Crippen molar-refractivity contribution in [1.29, 1.82) is 0 Å². The fourth-order valence-electron chi connectivity index (χ4n) is 0.971. The molecule has 0 fully saturated rings. The standard InChI is InChI=1S/C8H7F4NO/c1-4-3-13-7(9)5(2)6(4)14-8(10,11)12/h3H,1-2H3. The van der Waals surface area contributed by atoms with E-state index in [2.05, 4.69) is 9.72 Å². The van der Waals surface area contributed by atoms with Crippen molar-refractivity contribution < 1.29 is 22.3 Å². The second kappa shape index (κ2) is 3.43. The van der Waals surface area contributed by atoms with E-state index < -0.39 is 18.1 Å². The Kier molecular flexibility index (Phi) is 2.64. The number of ether oxygens (including phenoxy) is 1. The van der Waals surface area contributed by atoms with Gasteiger partial charge in [0.2, 0.25) is 5.95 Å². The van der Waals surface area contributed by atoms with Gasteiger partial charge in [0.05, 0.1) is 0 Å². The maximum absolute atomic E-state index is 12.8. The SMILES string of the molecule is Cc1cnc(F)c(C)c1OC(F)(F)F. The molecule has 1 aromatic rings. The highest BCUT2D eigenvalue weighted by Gasteiger charge is 2.33. The van der Waals surface area contributed by atoms with Crippen LogP contribution in [-0.4, -0.2) is 11.3 Å². The normalized spacial score (nSPS) is 11.6. The van der Waals surface area contributed by atoms with Gasteiger partial charge in [-0.1, -0.05) is 0 Å². The predicted molar refractivity (Wildman–Crippen MR) is 40.4 cm³/mol. The van der Waals surface area contributed by atoms with Gasteiger partial charge in [-0.05, 0) is 13.8 Å². The number of nitrogens with zero attached hydrogens (tertiary/aromatic N) is 1. The number of aromatic nitrogens is 1. The zero-order valence-electron chi connectivity index (χ0n) is 7.44. The first kappa shape index (κ1) is 10.7. The summed E-state index contributed by atoms with van der Waals surface area (Å²) in [6.07, 6.45) is -3.83. The number of hydrogen-bond donors (Lipinski definition) is 0. The highest BCUT2D eigenvalue weighted by atomic mass is 19.4. The summed E-state index contributed by atoms with van der Waals surface area (Å²) in [4.78, 5) is 3.25. The molecule has 0 aliphatic carbocycles. The van der Waals surface area contributed by atoms with Crippen molar-refractivity contribution in [2.24, 2.45) is 0 Å². The highest BCUT2D eigenvalue weighted by molar-refractivity contribution is 5.37. The Morgan fingerprint density at radius 2 is 1.86 bits per heavy atom. The number of alkyl halides is 3. The van der Waals surface area contributed by atoms with E-state index in [1.807, 2.05) is 0 Å². The third-order valence-electron chi connectivity index (χ3n) is 1.60. The topological polar surface area (TPSA) is 22.1 Å². The first-order valence-corrected chi connectivity index (χ1v) is 3.68. The lowest BCUT2D eigenvalue weighted by Gasteiger charge is -2.13. The average Bonchev–Trinajstić information content (AvgIpc) is 2.04. The van der Waals surface area contributed by atoms with Crippen molar-refractivity contribution in [3.05, 3.63) is 23.3 Å². The van der Waals surface area contributed by atoms with Crippen LogP contribution in [0, 0.1) is 19.8 Å².